The number of nitriles is 1. The Morgan fingerprint density at radius 2 is 2.25 bits per heavy atom. The van der Waals surface area contributed by atoms with Crippen molar-refractivity contribution in [3.63, 3.8) is 0 Å². The molecule has 1 fully saturated rings. The van der Waals surface area contributed by atoms with Crippen molar-refractivity contribution < 1.29 is 13.9 Å². The second-order valence-electron chi connectivity index (χ2n) is 8.43. The number of likely N-dealkylation sites (tertiary alicyclic amines) is 1. The van der Waals surface area contributed by atoms with Crippen molar-refractivity contribution in [1.29, 1.82) is 5.26 Å². The normalized spacial score (nSPS) is 20.2. The molecule has 2 aliphatic rings. The number of benzene rings is 1. The molecule has 32 heavy (non-hydrogen) atoms. The fourth-order valence-corrected chi connectivity index (χ4v) is 5.05. The standard InChI is InChI=1S/C24H22FN5O2/c1-32-21-3-2-17(25)6-18(21)23-16(8-26)9-28-24-19(23)7-20(29-24)13-4-14-10-30(12-22(27)31)11-15(14)5-13/h2-4,6-7,9,14-15H,5,10-12H2,1H3,(H2,27,31)(H,28,29). The average molecular weight is 431 g/mol. The number of aromatic amines is 1. The van der Waals surface area contributed by atoms with Crippen LogP contribution in [0.2, 0.25) is 0 Å². The second kappa shape index (κ2) is 7.77. The van der Waals surface area contributed by atoms with Crippen molar-refractivity contribution >= 4 is 22.5 Å². The van der Waals surface area contributed by atoms with Crippen LogP contribution in [0.15, 0.2) is 36.5 Å². The highest BCUT2D eigenvalue weighted by Crippen LogP contribution is 2.43. The highest BCUT2D eigenvalue weighted by atomic mass is 19.1. The number of carbonyl (C=O) groups is 1. The van der Waals surface area contributed by atoms with E-state index in [1.807, 2.05) is 6.07 Å². The summed E-state index contributed by atoms with van der Waals surface area (Å²) < 4.78 is 19.5. The number of nitrogens with zero attached hydrogens (tertiary/aromatic N) is 3. The number of rotatable bonds is 5. The number of H-pyrrole nitrogens is 1. The molecule has 2 atom stereocenters. The number of methoxy groups -OCH3 is 1. The zero-order chi connectivity index (χ0) is 22.4. The molecule has 1 aromatic carbocycles. The first kappa shape index (κ1) is 20.2. The Morgan fingerprint density at radius 3 is 2.97 bits per heavy atom. The van der Waals surface area contributed by atoms with E-state index in [2.05, 4.69) is 27.0 Å². The van der Waals surface area contributed by atoms with Crippen LogP contribution in [0.1, 0.15) is 17.7 Å². The Bertz CT molecular complexity index is 1310. The predicted octanol–water partition coefficient (Wildman–Crippen LogP) is 3.07. The lowest BCUT2D eigenvalue weighted by Gasteiger charge is -2.13. The summed E-state index contributed by atoms with van der Waals surface area (Å²) in [5, 5.41) is 10.4. The molecule has 1 amide bonds. The molecule has 3 heterocycles. The van der Waals surface area contributed by atoms with Gasteiger partial charge >= 0.3 is 0 Å². The third kappa shape index (κ3) is 3.41. The van der Waals surface area contributed by atoms with Gasteiger partial charge in [-0.25, -0.2) is 9.37 Å². The summed E-state index contributed by atoms with van der Waals surface area (Å²) in [4.78, 5) is 21.1. The number of pyridine rings is 1. The van der Waals surface area contributed by atoms with E-state index in [-0.39, 0.29) is 5.91 Å². The molecule has 162 valence electrons. The highest BCUT2D eigenvalue weighted by molar-refractivity contribution is 5.99. The summed E-state index contributed by atoms with van der Waals surface area (Å²) in [6.07, 6.45) is 4.64. The summed E-state index contributed by atoms with van der Waals surface area (Å²) in [6, 6.07) is 8.43. The lowest BCUT2D eigenvalue weighted by Crippen LogP contribution is -2.32. The van der Waals surface area contributed by atoms with Crippen LogP contribution in [-0.4, -0.2) is 47.5 Å². The first-order chi connectivity index (χ1) is 15.5. The van der Waals surface area contributed by atoms with Gasteiger partial charge in [-0.2, -0.15) is 5.26 Å². The molecule has 2 unspecified atom stereocenters. The van der Waals surface area contributed by atoms with Crippen molar-refractivity contribution in [2.75, 3.05) is 26.7 Å². The van der Waals surface area contributed by atoms with Crippen LogP contribution in [0.25, 0.3) is 27.7 Å². The second-order valence-corrected chi connectivity index (χ2v) is 8.43. The van der Waals surface area contributed by atoms with Gasteiger partial charge in [0.05, 0.1) is 19.2 Å². The van der Waals surface area contributed by atoms with Crippen LogP contribution in [0.3, 0.4) is 0 Å². The minimum Gasteiger partial charge on any atom is -0.496 e. The number of nitrogens with one attached hydrogen (secondary N) is 1. The molecular formula is C24H22FN5O2. The smallest absolute Gasteiger partial charge is 0.231 e. The summed E-state index contributed by atoms with van der Waals surface area (Å²) in [5.41, 5.74) is 9.56. The van der Waals surface area contributed by atoms with Crippen molar-refractivity contribution in [2.45, 2.75) is 6.42 Å². The molecule has 7 nitrogen and oxygen atoms in total. The van der Waals surface area contributed by atoms with Crippen LogP contribution < -0.4 is 10.5 Å². The SMILES string of the molecule is COc1ccc(F)cc1-c1c(C#N)cnc2[nH]c(C3=CC4CN(CC(N)=O)CC4C3)cc12. The Hall–Kier alpha value is -3.70. The lowest BCUT2D eigenvalue weighted by molar-refractivity contribution is -0.118. The summed E-state index contributed by atoms with van der Waals surface area (Å²) >= 11 is 0. The van der Waals surface area contributed by atoms with Crippen LogP contribution in [0.4, 0.5) is 4.39 Å². The Balaban J connectivity index is 1.55. The highest BCUT2D eigenvalue weighted by Gasteiger charge is 2.37. The molecular weight excluding hydrogens is 409 g/mol. The van der Waals surface area contributed by atoms with Crippen molar-refractivity contribution in [3.05, 3.63) is 53.6 Å². The number of halogens is 1. The number of fused-ring (bicyclic) bond motifs is 2. The molecule has 0 radical (unpaired) electrons. The van der Waals surface area contributed by atoms with Gasteiger partial charge in [0.2, 0.25) is 5.91 Å². The van der Waals surface area contributed by atoms with E-state index in [4.69, 9.17) is 10.5 Å². The van der Waals surface area contributed by atoms with E-state index in [1.54, 1.807) is 6.07 Å². The average Bonchev–Trinajstić information content (AvgIpc) is 3.45. The van der Waals surface area contributed by atoms with Gasteiger partial charge in [-0.1, -0.05) is 6.08 Å². The third-order valence-corrected chi connectivity index (χ3v) is 6.40. The molecule has 1 aliphatic carbocycles. The Kier molecular flexibility index (Phi) is 4.91. The van der Waals surface area contributed by atoms with Gasteiger partial charge in [0.15, 0.2) is 0 Å². The quantitative estimate of drug-likeness (QED) is 0.646. The minimum atomic E-state index is -0.405. The van der Waals surface area contributed by atoms with E-state index in [9.17, 15) is 14.4 Å². The van der Waals surface area contributed by atoms with Crippen LogP contribution in [0, 0.1) is 29.0 Å². The van der Waals surface area contributed by atoms with E-state index in [1.165, 1.54) is 31.0 Å². The largest absolute Gasteiger partial charge is 0.496 e. The number of primary amides is 1. The lowest BCUT2D eigenvalue weighted by atomic mass is 9.97. The van der Waals surface area contributed by atoms with Gasteiger partial charge in [-0.05, 0) is 48.1 Å². The number of hydrogen-bond acceptors (Lipinski definition) is 5. The van der Waals surface area contributed by atoms with Gasteiger partial charge in [0, 0.05) is 41.5 Å². The zero-order valence-corrected chi connectivity index (χ0v) is 17.6. The van der Waals surface area contributed by atoms with Crippen LogP contribution >= 0.6 is 0 Å². The van der Waals surface area contributed by atoms with E-state index >= 15 is 0 Å². The topological polar surface area (TPSA) is 108 Å². The fraction of sp³-hybridized carbons (Fsp3) is 0.292. The van der Waals surface area contributed by atoms with Gasteiger partial charge in [-0.3, -0.25) is 9.69 Å². The number of amides is 1. The van der Waals surface area contributed by atoms with Gasteiger partial charge in [-0.15, -0.1) is 0 Å². The Labute approximate surface area is 184 Å². The predicted molar refractivity (Wildman–Crippen MR) is 118 cm³/mol. The molecule has 1 aliphatic heterocycles. The van der Waals surface area contributed by atoms with Gasteiger partial charge in [0.1, 0.15) is 23.3 Å². The Morgan fingerprint density at radius 1 is 1.41 bits per heavy atom. The molecule has 0 spiro atoms. The van der Waals surface area contributed by atoms with Crippen molar-refractivity contribution in [1.82, 2.24) is 14.9 Å². The summed E-state index contributed by atoms with van der Waals surface area (Å²) in [5.74, 6) is 0.603. The van der Waals surface area contributed by atoms with Crippen molar-refractivity contribution in [2.24, 2.45) is 17.6 Å². The maximum Gasteiger partial charge on any atom is 0.231 e. The van der Waals surface area contributed by atoms with E-state index in [0.717, 1.165) is 30.6 Å². The molecule has 8 heteroatoms. The number of ether oxygens (including phenoxy) is 1. The molecule has 0 saturated carbocycles. The van der Waals surface area contributed by atoms with E-state index < -0.39 is 5.82 Å². The molecule has 5 rings (SSSR count). The first-order valence-corrected chi connectivity index (χ1v) is 10.4. The summed E-state index contributed by atoms with van der Waals surface area (Å²) in [7, 11) is 1.52. The monoisotopic (exact) mass is 431 g/mol. The van der Waals surface area contributed by atoms with Crippen molar-refractivity contribution in [3.8, 4) is 22.9 Å². The maximum absolute atomic E-state index is 14.1. The fourth-order valence-electron chi connectivity index (χ4n) is 5.05. The number of hydrogen-bond donors (Lipinski definition) is 2. The molecule has 1 saturated heterocycles. The maximum atomic E-state index is 14.1. The van der Waals surface area contributed by atoms with Gasteiger partial charge in [0.25, 0.3) is 0 Å². The minimum absolute atomic E-state index is 0.294. The van der Waals surface area contributed by atoms with Gasteiger partial charge < -0.3 is 15.5 Å². The third-order valence-electron chi connectivity index (χ3n) is 6.40. The molecule has 3 N–H and O–H groups in total. The summed E-state index contributed by atoms with van der Waals surface area (Å²) in [6.45, 7) is 1.96. The van der Waals surface area contributed by atoms with Crippen LogP contribution in [-0.2, 0) is 4.79 Å². The molecule has 0 bridgehead atoms. The number of carbonyl (C=O) groups excluding carboxylic acids is 1. The van der Waals surface area contributed by atoms with Crippen LogP contribution in [0.5, 0.6) is 5.75 Å². The first-order valence-electron chi connectivity index (χ1n) is 10.4. The molecule has 3 aromatic rings. The zero-order valence-electron chi connectivity index (χ0n) is 17.6. The number of aromatic nitrogens is 2. The van der Waals surface area contributed by atoms with E-state index in [0.29, 0.717) is 46.5 Å². The number of allylic oxidation sites excluding steroid dienone is 1. The molecule has 2 aromatic heterocycles. The number of nitrogens with two attached hydrogens (primary N) is 1.